The lowest BCUT2D eigenvalue weighted by Crippen LogP contribution is -2.40. The zero-order chi connectivity index (χ0) is 18.8. The third kappa shape index (κ3) is 7.97. The molecule has 1 aromatic carbocycles. The molecule has 0 saturated heterocycles. The zero-order valence-corrected chi connectivity index (χ0v) is 14.8. The third-order valence-corrected chi connectivity index (χ3v) is 3.98. The first-order chi connectivity index (χ1) is 11.8. The Morgan fingerprint density at radius 1 is 1.28 bits per heavy atom. The average Bonchev–Trinajstić information content (AvgIpc) is 2.58. The second-order valence-electron chi connectivity index (χ2n) is 5.12. The minimum Gasteiger partial charge on any atom is -0.455 e. The topological polar surface area (TPSA) is 75.7 Å². The first-order valence-corrected chi connectivity index (χ1v) is 8.56. The summed E-state index contributed by atoms with van der Waals surface area (Å²) < 4.78 is 31.2. The van der Waals surface area contributed by atoms with E-state index < -0.39 is 30.1 Å². The predicted molar refractivity (Wildman–Crippen MR) is 89.0 cm³/mol. The van der Waals surface area contributed by atoms with E-state index in [1.807, 2.05) is 6.92 Å². The number of nitrogens with one attached hydrogen (secondary N) is 1. The van der Waals surface area contributed by atoms with Crippen molar-refractivity contribution in [2.75, 3.05) is 32.5 Å². The second-order valence-corrected chi connectivity index (χ2v) is 6.14. The number of thioether (sulfide) groups is 1. The Kier molecular flexibility index (Phi) is 8.90. The van der Waals surface area contributed by atoms with E-state index in [0.29, 0.717) is 6.54 Å². The standard InChI is InChI=1S/C16H20F2N2O4S/c1-3-6-19-14(21)8-20(2)15(22)9-24-16(23)10-25-13-7-11(17)4-5-12(13)18/h4-5,7H,3,6,8-10H2,1-2H3,(H,19,21). The number of ether oxygens (including phenoxy) is 1. The van der Waals surface area contributed by atoms with Crippen LogP contribution in [0.1, 0.15) is 13.3 Å². The molecule has 0 saturated carbocycles. The van der Waals surface area contributed by atoms with E-state index in [2.05, 4.69) is 5.32 Å². The number of carbonyl (C=O) groups is 3. The van der Waals surface area contributed by atoms with Crippen LogP contribution in [0.3, 0.4) is 0 Å². The van der Waals surface area contributed by atoms with Crippen LogP contribution < -0.4 is 5.32 Å². The van der Waals surface area contributed by atoms with Crippen LogP contribution in [-0.4, -0.2) is 55.2 Å². The van der Waals surface area contributed by atoms with Crippen LogP contribution in [0.15, 0.2) is 23.1 Å². The summed E-state index contributed by atoms with van der Waals surface area (Å²) in [6.07, 6.45) is 0.782. The van der Waals surface area contributed by atoms with Gasteiger partial charge in [-0.2, -0.15) is 0 Å². The second kappa shape index (κ2) is 10.7. The number of esters is 1. The van der Waals surface area contributed by atoms with Crippen LogP contribution in [0, 0.1) is 11.6 Å². The summed E-state index contributed by atoms with van der Waals surface area (Å²) in [6.45, 7) is 1.76. The van der Waals surface area contributed by atoms with Crippen LogP contribution in [0.4, 0.5) is 8.78 Å². The first kappa shape index (κ1) is 20.9. The van der Waals surface area contributed by atoms with Gasteiger partial charge < -0.3 is 15.0 Å². The molecule has 0 unspecified atom stereocenters. The van der Waals surface area contributed by atoms with Crippen LogP contribution >= 0.6 is 11.8 Å². The summed E-state index contributed by atoms with van der Waals surface area (Å²) in [4.78, 5) is 36.0. The smallest absolute Gasteiger partial charge is 0.316 e. The highest BCUT2D eigenvalue weighted by atomic mass is 32.2. The molecule has 0 aliphatic heterocycles. The van der Waals surface area contributed by atoms with Gasteiger partial charge in [-0.1, -0.05) is 6.92 Å². The molecule has 0 atom stereocenters. The van der Waals surface area contributed by atoms with Gasteiger partial charge in [-0.05, 0) is 24.6 Å². The normalized spacial score (nSPS) is 10.2. The number of hydrogen-bond acceptors (Lipinski definition) is 5. The van der Waals surface area contributed by atoms with Gasteiger partial charge >= 0.3 is 5.97 Å². The maximum atomic E-state index is 13.4. The third-order valence-electron chi connectivity index (χ3n) is 2.97. The van der Waals surface area contributed by atoms with Crippen LogP contribution in [0.25, 0.3) is 0 Å². The van der Waals surface area contributed by atoms with Crippen molar-refractivity contribution in [2.45, 2.75) is 18.2 Å². The van der Waals surface area contributed by atoms with Crippen molar-refractivity contribution in [3.05, 3.63) is 29.8 Å². The lowest BCUT2D eigenvalue weighted by molar-refractivity contribution is -0.149. The quantitative estimate of drug-likeness (QED) is 0.525. The summed E-state index contributed by atoms with van der Waals surface area (Å²) in [7, 11) is 1.42. The van der Waals surface area contributed by atoms with Crippen molar-refractivity contribution in [3.63, 3.8) is 0 Å². The van der Waals surface area contributed by atoms with Gasteiger partial charge in [0.25, 0.3) is 5.91 Å². The fourth-order valence-electron chi connectivity index (χ4n) is 1.64. The maximum absolute atomic E-state index is 13.4. The number of amides is 2. The Labute approximate surface area is 148 Å². The molecule has 0 aliphatic rings. The molecule has 0 aliphatic carbocycles. The highest BCUT2D eigenvalue weighted by Gasteiger charge is 2.15. The molecule has 2 amide bonds. The summed E-state index contributed by atoms with van der Waals surface area (Å²) in [5, 5.41) is 2.62. The lowest BCUT2D eigenvalue weighted by atomic mass is 10.3. The van der Waals surface area contributed by atoms with Gasteiger partial charge in [0.15, 0.2) is 6.61 Å². The minimum absolute atomic E-state index is 0.0204. The van der Waals surface area contributed by atoms with E-state index in [4.69, 9.17) is 4.74 Å². The van der Waals surface area contributed by atoms with E-state index in [0.717, 1.165) is 41.3 Å². The molecule has 25 heavy (non-hydrogen) atoms. The summed E-state index contributed by atoms with van der Waals surface area (Å²) in [5.74, 6) is -3.12. The van der Waals surface area contributed by atoms with Gasteiger partial charge in [0.05, 0.1) is 12.3 Å². The highest BCUT2D eigenvalue weighted by Crippen LogP contribution is 2.22. The molecular formula is C16H20F2N2O4S. The molecule has 0 spiro atoms. The molecule has 0 fully saturated rings. The zero-order valence-electron chi connectivity index (χ0n) is 14.0. The molecule has 0 aromatic heterocycles. The molecule has 138 valence electrons. The van der Waals surface area contributed by atoms with E-state index in [-0.39, 0.29) is 23.1 Å². The summed E-state index contributed by atoms with van der Waals surface area (Å²) >= 11 is 0.771. The van der Waals surface area contributed by atoms with Crippen LogP contribution in [-0.2, 0) is 19.1 Å². The predicted octanol–water partition coefficient (Wildman–Crippen LogP) is 1.58. The lowest BCUT2D eigenvalue weighted by Gasteiger charge is -2.16. The Hall–Kier alpha value is -2.16. The van der Waals surface area contributed by atoms with Crippen molar-refractivity contribution in [1.82, 2.24) is 10.2 Å². The van der Waals surface area contributed by atoms with Crippen molar-refractivity contribution >= 4 is 29.5 Å². The molecule has 0 radical (unpaired) electrons. The van der Waals surface area contributed by atoms with E-state index in [9.17, 15) is 23.2 Å². The van der Waals surface area contributed by atoms with Gasteiger partial charge in [0.2, 0.25) is 5.91 Å². The Morgan fingerprint density at radius 3 is 2.68 bits per heavy atom. The number of carbonyl (C=O) groups excluding carboxylic acids is 3. The van der Waals surface area contributed by atoms with Gasteiger partial charge in [0, 0.05) is 18.5 Å². The van der Waals surface area contributed by atoms with Crippen molar-refractivity contribution < 1.29 is 27.9 Å². The van der Waals surface area contributed by atoms with Crippen molar-refractivity contribution in [2.24, 2.45) is 0 Å². The van der Waals surface area contributed by atoms with Crippen molar-refractivity contribution in [3.8, 4) is 0 Å². The van der Waals surface area contributed by atoms with Crippen molar-refractivity contribution in [1.29, 1.82) is 0 Å². The van der Waals surface area contributed by atoms with E-state index in [1.165, 1.54) is 7.05 Å². The molecule has 0 heterocycles. The number of hydrogen-bond donors (Lipinski definition) is 1. The molecular weight excluding hydrogens is 354 g/mol. The molecule has 1 rings (SSSR count). The first-order valence-electron chi connectivity index (χ1n) is 7.57. The van der Waals surface area contributed by atoms with Crippen LogP contribution in [0.2, 0.25) is 0 Å². The number of rotatable bonds is 9. The molecule has 6 nitrogen and oxygen atoms in total. The Morgan fingerprint density at radius 2 is 2.00 bits per heavy atom. The summed E-state index contributed by atoms with van der Waals surface area (Å²) in [5.41, 5.74) is 0. The van der Waals surface area contributed by atoms with Gasteiger partial charge in [-0.15, -0.1) is 11.8 Å². The number of benzene rings is 1. The molecule has 1 aromatic rings. The van der Waals surface area contributed by atoms with Gasteiger partial charge in [0.1, 0.15) is 11.6 Å². The fraction of sp³-hybridized carbons (Fsp3) is 0.438. The van der Waals surface area contributed by atoms with E-state index in [1.54, 1.807) is 0 Å². The Balaban J connectivity index is 2.34. The largest absolute Gasteiger partial charge is 0.455 e. The molecule has 1 N–H and O–H groups in total. The number of nitrogens with zero attached hydrogens (tertiary/aromatic N) is 1. The molecule has 0 bridgehead atoms. The highest BCUT2D eigenvalue weighted by molar-refractivity contribution is 8.00. The van der Waals surface area contributed by atoms with Gasteiger partial charge in [-0.3, -0.25) is 14.4 Å². The monoisotopic (exact) mass is 374 g/mol. The fourth-order valence-corrected chi connectivity index (χ4v) is 2.40. The summed E-state index contributed by atoms with van der Waals surface area (Å²) in [6, 6.07) is 2.91. The van der Waals surface area contributed by atoms with E-state index >= 15 is 0 Å². The Bertz CT molecular complexity index is 628. The van der Waals surface area contributed by atoms with Crippen LogP contribution in [0.5, 0.6) is 0 Å². The maximum Gasteiger partial charge on any atom is 0.316 e. The SMILES string of the molecule is CCCNC(=O)CN(C)C(=O)COC(=O)CSc1cc(F)ccc1F. The van der Waals surface area contributed by atoms with Gasteiger partial charge in [-0.25, -0.2) is 8.78 Å². The number of halogens is 2. The number of likely N-dealkylation sites (N-methyl/N-ethyl adjacent to an activating group) is 1. The minimum atomic E-state index is -0.745. The molecule has 9 heteroatoms. The average molecular weight is 374 g/mol.